The molecule has 2 aliphatic carbocycles. The van der Waals surface area contributed by atoms with Crippen molar-refractivity contribution >= 4 is 0 Å². The molecule has 1 nitrogen and oxygen atoms in total. The van der Waals surface area contributed by atoms with Crippen LogP contribution >= 0.6 is 0 Å². The summed E-state index contributed by atoms with van der Waals surface area (Å²) in [4.78, 5) is 0. The Kier molecular flexibility index (Phi) is 6.16. The van der Waals surface area contributed by atoms with E-state index in [0.29, 0.717) is 6.10 Å². The van der Waals surface area contributed by atoms with Crippen LogP contribution < -0.4 is 0 Å². The zero-order valence-electron chi connectivity index (χ0n) is 12.5. The summed E-state index contributed by atoms with van der Waals surface area (Å²) in [5, 5.41) is 0. The van der Waals surface area contributed by atoms with Gasteiger partial charge < -0.3 is 4.74 Å². The third kappa shape index (κ3) is 4.49. The summed E-state index contributed by atoms with van der Waals surface area (Å²) in [6.07, 6.45) is 18.1. The Morgan fingerprint density at radius 3 is 2.05 bits per heavy atom. The smallest absolute Gasteiger partial charge is 0.0648 e. The van der Waals surface area contributed by atoms with Gasteiger partial charge in [0.15, 0.2) is 0 Å². The maximum Gasteiger partial charge on any atom is 0.0648 e. The van der Waals surface area contributed by atoms with E-state index in [4.69, 9.17) is 4.74 Å². The van der Waals surface area contributed by atoms with Crippen LogP contribution in [0.2, 0.25) is 0 Å². The molecule has 2 rings (SSSR count). The average Bonchev–Trinajstić information content (AvgIpc) is 2.47. The van der Waals surface area contributed by atoms with E-state index in [-0.39, 0.29) is 0 Å². The summed E-state index contributed by atoms with van der Waals surface area (Å²) in [6, 6.07) is 0. The third-order valence-corrected chi connectivity index (χ3v) is 5.12. The lowest BCUT2D eigenvalue weighted by Gasteiger charge is -2.37. The Bertz CT molecular complexity index is 278. The van der Waals surface area contributed by atoms with Gasteiger partial charge in [-0.1, -0.05) is 18.2 Å². The van der Waals surface area contributed by atoms with Crippen LogP contribution in [0.25, 0.3) is 0 Å². The molecule has 0 atom stereocenters. The quantitative estimate of drug-likeness (QED) is 0.624. The lowest BCUT2D eigenvalue weighted by molar-refractivity contribution is 0.0220. The largest absolute Gasteiger partial charge is 0.374 e. The van der Waals surface area contributed by atoms with Crippen molar-refractivity contribution in [3.05, 3.63) is 24.8 Å². The fraction of sp³-hybridized carbons (Fsp3) is 0.778. The summed E-state index contributed by atoms with van der Waals surface area (Å²) in [6.45, 7) is 6.60. The maximum atomic E-state index is 5.79. The Morgan fingerprint density at radius 2 is 1.53 bits per heavy atom. The molecule has 19 heavy (non-hydrogen) atoms. The van der Waals surface area contributed by atoms with Crippen molar-refractivity contribution in [2.45, 2.75) is 64.4 Å². The standard InChI is InChI=1S/C18H30O/c1-3-5-15-6-8-16(9-7-15)17-10-12-18(13-11-17)19-14-4-2/h3-5,15-18H,2,6-14H2,1H3/b5-3+. The zero-order chi connectivity index (χ0) is 13.5. The molecule has 0 aromatic heterocycles. The number of hydrogen-bond acceptors (Lipinski definition) is 1. The Hall–Kier alpha value is -0.560. The van der Waals surface area contributed by atoms with Gasteiger partial charge in [0.1, 0.15) is 0 Å². The first kappa shape index (κ1) is 14.8. The van der Waals surface area contributed by atoms with Gasteiger partial charge in [-0.15, -0.1) is 6.58 Å². The SMILES string of the molecule is C=CCOC1CCC(C2CCC(/C=C/C)CC2)CC1. The van der Waals surface area contributed by atoms with E-state index in [0.717, 1.165) is 24.4 Å². The van der Waals surface area contributed by atoms with Gasteiger partial charge in [-0.3, -0.25) is 0 Å². The van der Waals surface area contributed by atoms with Crippen molar-refractivity contribution in [3.63, 3.8) is 0 Å². The second-order valence-electron chi connectivity index (χ2n) is 6.36. The minimum Gasteiger partial charge on any atom is -0.374 e. The number of hydrogen-bond donors (Lipinski definition) is 0. The summed E-state index contributed by atoms with van der Waals surface area (Å²) in [5.74, 6) is 2.85. The van der Waals surface area contributed by atoms with Gasteiger partial charge in [0.2, 0.25) is 0 Å². The molecule has 0 bridgehead atoms. The van der Waals surface area contributed by atoms with Crippen molar-refractivity contribution in [3.8, 4) is 0 Å². The number of allylic oxidation sites excluding steroid dienone is 2. The van der Waals surface area contributed by atoms with Crippen LogP contribution in [0.1, 0.15) is 58.3 Å². The first-order valence-electron chi connectivity index (χ1n) is 8.18. The van der Waals surface area contributed by atoms with Crippen molar-refractivity contribution in [1.82, 2.24) is 0 Å². The van der Waals surface area contributed by atoms with Crippen LogP contribution in [0.5, 0.6) is 0 Å². The Balaban J connectivity index is 1.69. The highest BCUT2D eigenvalue weighted by Gasteiger charge is 2.30. The monoisotopic (exact) mass is 262 g/mol. The first-order chi connectivity index (χ1) is 9.33. The molecule has 2 fully saturated rings. The van der Waals surface area contributed by atoms with Crippen molar-refractivity contribution in [2.24, 2.45) is 17.8 Å². The van der Waals surface area contributed by atoms with Gasteiger partial charge in [-0.05, 0) is 76.0 Å². The fourth-order valence-electron chi connectivity index (χ4n) is 4.01. The molecule has 0 aromatic carbocycles. The predicted octanol–water partition coefficient (Wildman–Crippen LogP) is 5.13. The summed E-state index contributed by atoms with van der Waals surface area (Å²) >= 11 is 0. The molecule has 0 radical (unpaired) electrons. The molecule has 108 valence electrons. The van der Waals surface area contributed by atoms with Gasteiger partial charge in [0.25, 0.3) is 0 Å². The zero-order valence-corrected chi connectivity index (χ0v) is 12.5. The van der Waals surface area contributed by atoms with E-state index < -0.39 is 0 Å². The van der Waals surface area contributed by atoms with E-state index in [1.54, 1.807) is 0 Å². The maximum absolute atomic E-state index is 5.79. The molecule has 0 heterocycles. The van der Waals surface area contributed by atoms with Crippen LogP contribution in [0, 0.1) is 17.8 Å². The van der Waals surface area contributed by atoms with Crippen LogP contribution in [0.3, 0.4) is 0 Å². The first-order valence-corrected chi connectivity index (χ1v) is 8.18. The van der Waals surface area contributed by atoms with Crippen LogP contribution in [-0.4, -0.2) is 12.7 Å². The van der Waals surface area contributed by atoms with E-state index in [9.17, 15) is 0 Å². The molecule has 2 aliphatic rings. The predicted molar refractivity (Wildman–Crippen MR) is 82.2 cm³/mol. The Morgan fingerprint density at radius 1 is 0.947 bits per heavy atom. The molecule has 0 aliphatic heterocycles. The van der Waals surface area contributed by atoms with E-state index in [1.807, 2.05) is 6.08 Å². The molecule has 0 spiro atoms. The molecule has 0 unspecified atom stereocenters. The number of ether oxygens (including phenoxy) is 1. The van der Waals surface area contributed by atoms with Crippen LogP contribution in [-0.2, 0) is 4.74 Å². The summed E-state index contributed by atoms with van der Waals surface area (Å²) in [5.41, 5.74) is 0. The third-order valence-electron chi connectivity index (χ3n) is 5.12. The molecule has 0 aromatic rings. The Labute approximate surface area is 119 Å². The molecule has 0 saturated heterocycles. The van der Waals surface area contributed by atoms with E-state index in [2.05, 4.69) is 25.7 Å². The minimum atomic E-state index is 0.508. The molecular weight excluding hydrogens is 232 g/mol. The van der Waals surface area contributed by atoms with Gasteiger partial charge in [-0.25, -0.2) is 0 Å². The second-order valence-corrected chi connectivity index (χ2v) is 6.36. The molecule has 2 saturated carbocycles. The highest BCUT2D eigenvalue weighted by Crippen LogP contribution is 2.40. The summed E-state index contributed by atoms with van der Waals surface area (Å²) < 4.78 is 5.79. The van der Waals surface area contributed by atoms with Crippen molar-refractivity contribution in [1.29, 1.82) is 0 Å². The summed E-state index contributed by atoms with van der Waals surface area (Å²) in [7, 11) is 0. The molecule has 1 heteroatoms. The lowest BCUT2D eigenvalue weighted by atomic mass is 9.70. The lowest BCUT2D eigenvalue weighted by Crippen LogP contribution is -2.28. The van der Waals surface area contributed by atoms with Gasteiger partial charge in [0.05, 0.1) is 12.7 Å². The van der Waals surface area contributed by atoms with Crippen molar-refractivity contribution in [2.75, 3.05) is 6.61 Å². The average molecular weight is 262 g/mol. The molecular formula is C18H30O. The number of rotatable bonds is 5. The highest BCUT2D eigenvalue weighted by atomic mass is 16.5. The minimum absolute atomic E-state index is 0.508. The molecule has 0 amide bonds. The van der Waals surface area contributed by atoms with Crippen molar-refractivity contribution < 1.29 is 4.74 Å². The molecule has 0 N–H and O–H groups in total. The van der Waals surface area contributed by atoms with E-state index >= 15 is 0 Å². The normalized spacial score (nSPS) is 36.5. The fourth-order valence-corrected chi connectivity index (χ4v) is 4.01. The van der Waals surface area contributed by atoms with Crippen LogP contribution in [0.4, 0.5) is 0 Å². The van der Waals surface area contributed by atoms with Crippen LogP contribution in [0.15, 0.2) is 24.8 Å². The topological polar surface area (TPSA) is 9.23 Å². The highest BCUT2D eigenvalue weighted by molar-refractivity contribution is 4.90. The van der Waals surface area contributed by atoms with Gasteiger partial charge in [-0.2, -0.15) is 0 Å². The van der Waals surface area contributed by atoms with Gasteiger partial charge >= 0.3 is 0 Å². The second kappa shape index (κ2) is 7.89. The van der Waals surface area contributed by atoms with E-state index in [1.165, 1.54) is 51.4 Å². The van der Waals surface area contributed by atoms with Gasteiger partial charge in [0, 0.05) is 0 Å².